The Morgan fingerprint density at radius 2 is 1.64 bits per heavy atom. The molecule has 180 valence electrons. The number of nitrogens with zero attached hydrogens (tertiary/aromatic N) is 3. The second-order valence-electron chi connectivity index (χ2n) is 8.14. The number of anilines is 1. The van der Waals surface area contributed by atoms with Gasteiger partial charge < -0.3 is 5.32 Å². The summed E-state index contributed by atoms with van der Waals surface area (Å²) in [5.74, 6) is -1.56. The zero-order valence-corrected chi connectivity index (χ0v) is 18.6. The lowest BCUT2D eigenvalue weighted by Gasteiger charge is -2.11. The van der Waals surface area contributed by atoms with Gasteiger partial charge in [0.05, 0.1) is 29.6 Å². The number of hydrogen-bond donors (Lipinski definition) is 1. The van der Waals surface area contributed by atoms with Crippen molar-refractivity contribution < 1.29 is 22.4 Å². The molecule has 36 heavy (non-hydrogen) atoms. The molecule has 1 amide bonds. The molecule has 5 nitrogen and oxygen atoms in total. The molecule has 0 bridgehead atoms. The van der Waals surface area contributed by atoms with E-state index in [2.05, 4.69) is 15.3 Å². The summed E-state index contributed by atoms with van der Waals surface area (Å²) in [6.07, 6.45) is 2.38. The molecule has 3 heterocycles. The van der Waals surface area contributed by atoms with Crippen LogP contribution in [-0.2, 0) is 17.4 Å². The predicted molar refractivity (Wildman–Crippen MR) is 128 cm³/mol. The van der Waals surface area contributed by atoms with Crippen molar-refractivity contribution in [2.24, 2.45) is 0 Å². The first-order valence-corrected chi connectivity index (χ1v) is 10.9. The lowest BCUT2D eigenvalue weighted by molar-refractivity contribution is -0.137. The Bertz CT molecular complexity index is 1540. The molecule has 3 aromatic heterocycles. The van der Waals surface area contributed by atoms with Crippen LogP contribution in [-0.4, -0.2) is 20.3 Å². The quantitative estimate of drug-likeness (QED) is 0.290. The molecule has 9 heteroatoms. The van der Waals surface area contributed by atoms with Crippen LogP contribution in [0.15, 0.2) is 91.5 Å². The Kier molecular flexibility index (Phi) is 5.97. The fourth-order valence-electron chi connectivity index (χ4n) is 3.89. The van der Waals surface area contributed by atoms with Crippen LogP contribution in [0, 0.1) is 5.82 Å². The number of nitrogens with one attached hydrogen (secondary N) is 1. The van der Waals surface area contributed by atoms with E-state index in [1.54, 1.807) is 30.7 Å². The Hall–Kier alpha value is -4.53. The van der Waals surface area contributed by atoms with Crippen LogP contribution in [0.3, 0.4) is 0 Å². The number of amides is 1. The average molecular weight is 490 g/mol. The van der Waals surface area contributed by atoms with Crippen LogP contribution in [0.2, 0.25) is 0 Å². The van der Waals surface area contributed by atoms with Gasteiger partial charge in [-0.2, -0.15) is 13.2 Å². The van der Waals surface area contributed by atoms with E-state index in [-0.39, 0.29) is 6.42 Å². The molecule has 0 aliphatic rings. The molecule has 0 atom stereocenters. The van der Waals surface area contributed by atoms with Gasteiger partial charge in [-0.15, -0.1) is 0 Å². The van der Waals surface area contributed by atoms with Crippen LogP contribution >= 0.6 is 0 Å². The van der Waals surface area contributed by atoms with E-state index in [0.717, 1.165) is 28.0 Å². The molecule has 5 aromatic rings. The van der Waals surface area contributed by atoms with Gasteiger partial charge in [0.1, 0.15) is 11.5 Å². The first-order valence-electron chi connectivity index (χ1n) is 10.9. The molecule has 0 saturated heterocycles. The van der Waals surface area contributed by atoms with Gasteiger partial charge in [0.15, 0.2) is 0 Å². The highest BCUT2D eigenvalue weighted by Gasteiger charge is 2.31. The fourth-order valence-corrected chi connectivity index (χ4v) is 3.89. The van der Waals surface area contributed by atoms with Crippen molar-refractivity contribution in [3.8, 4) is 22.4 Å². The van der Waals surface area contributed by atoms with Gasteiger partial charge in [-0.3, -0.25) is 14.2 Å². The number of carbonyl (C=O) groups excluding carboxylic acids is 1. The molecule has 0 radical (unpaired) electrons. The number of hydrogen-bond acceptors (Lipinski definition) is 3. The van der Waals surface area contributed by atoms with Crippen molar-refractivity contribution in [1.82, 2.24) is 14.4 Å². The molecular weight excluding hydrogens is 472 g/mol. The summed E-state index contributed by atoms with van der Waals surface area (Å²) in [6.45, 7) is 0. The van der Waals surface area contributed by atoms with Gasteiger partial charge in [-0.25, -0.2) is 9.37 Å². The zero-order chi connectivity index (χ0) is 25.3. The summed E-state index contributed by atoms with van der Waals surface area (Å²) in [5, 5.41) is 2.22. The van der Waals surface area contributed by atoms with Crippen LogP contribution < -0.4 is 5.32 Å². The Labute approximate surface area is 203 Å². The van der Waals surface area contributed by atoms with Crippen LogP contribution in [0.4, 0.5) is 23.2 Å². The van der Waals surface area contributed by atoms with E-state index in [1.807, 2.05) is 47.0 Å². The van der Waals surface area contributed by atoms with E-state index in [1.165, 1.54) is 0 Å². The molecule has 0 fully saturated rings. The molecular formula is C27H18F4N4O. The number of aromatic nitrogens is 3. The third kappa shape index (κ3) is 4.81. The molecule has 5 rings (SSSR count). The zero-order valence-electron chi connectivity index (χ0n) is 18.6. The molecule has 0 aliphatic carbocycles. The highest BCUT2D eigenvalue weighted by atomic mass is 19.4. The van der Waals surface area contributed by atoms with Crippen molar-refractivity contribution in [3.63, 3.8) is 0 Å². The summed E-state index contributed by atoms with van der Waals surface area (Å²) >= 11 is 0. The van der Waals surface area contributed by atoms with Crippen molar-refractivity contribution in [1.29, 1.82) is 0 Å². The van der Waals surface area contributed by atoms with Crippen molar-refractivity contribution in [2.75, 3.05) is 5.32 Å². The van der Waals surface area contributed by atoms with E-state index >= 15 is 0 Å². The van der Waals surface area contributed by atoms with Gasteiger partial charge in [0.25, 0.3) is 0 Å². The summed E-state index contributed by atoms with van der Waals surface area (Å²) in [4.78, 5) is 20.9. The maximum absolute atomic E-state index is 13.9. The van der Waals surface area contributed by atoms with Crippen LogP contribution in [0.5, 0.6) is 0 Å². The normalized spacial score (nSPS) is 11.6. The first-order chi connectivity index (χ1) is 17.3. The number of pyridine rings is 2. The number of fused-ring (bicyclic) bond motifs is 1. The molecule has 0 aliphatic heterocycles. The highest BCUT2D eigenvalue weighted by molar-refractivity contribution is 5.92. The summed E-state index contributed by atoms with van der Waals surface area (Å²) in [6, 6.07) is 16.8. The van der Waals surface area contributed by atoms with E-state index < -0.39 is 29.2 Å². The summed E-state index contributed by atoms with van der Waals surface area (Å²) in [5.41, 5.74) is 3.61. The maximum atomic E-state index is 13.9. The van der Waals surface area contributed by atoms with Gasteiger partial charge >= 0.3 is 6.18 Å². The highest BCUT2D eigenvalue weighted by Crippen LogP contribution is 2.32. The van der Waals surface area contributed by atoms with Crippen molar-refractivity contribution >= 4 is 17.2 Å². The third-order valence-corrected chi connectivity index (χ3v) is 5.71. The largest absolute Gasteiger partial charge is 0.416 e. The Morgan fingerprint density at radius 3 is 2.36 bits per heavy atom. The van der Waals surface area contributed by atoms with Crippen LogP contribution in [0.1, 0.15) is 11.1 Å². The van der Waals surface area contributed by atoms with Crippen LogP contribution in [0.25, 0.3) is 28.0 Å². The van der Waals surface area contributed by atoms with E-state index in [9.17, 15) is 22.4 Å². The smallest absolute Gasteiger partial charge is 0.323 e. The fraction of sp³-hybridized carbons (Fsp3) is 0.0741. The first kappa shape index (κ1) is 23.2. The van der Waals surface area contributed by atoms with Crippen molar-refractivity contribution in [2.45, 2.75) is 12.6 Å². The van der Waals surface area contributed by atoms with Gasteiger partial charge in [-0.1, -0.05) is 24.3 Å². The number of carbonyl (C=O) groups is 1. The van der Waals surface area contributed by atoms with Gasteiger partial charge in [-0.05, 0) is 59.2 Å². The Balaban J connectivity index is 1.31. The second-order valence-corrected chi connectivity index (χ2v) is 8.14. The third-order valence-electron chi connectivity index (χ3n) is 5.71. The average Bonchev–Trinajstić information content (AvgIpc) is 3.29. The minimum absolute atomic E-state index is 0.127. The molecule has 0 saturated carbocycles. The second kappa shape index (κ2) is 9.26. The molecule has 0 unspecified atom stereocenters. The Morgan fingerprint density at radius 1 is 0.889 bits per heavy atom. The lowest BCUT2D eigenvalue weighted by Crippen LogP contribution is -2.16. The van der Waals surface area contributed by atoms with Gasteiger partial charge in [0.2, 0.25) is 5.91 Å². The predicted octanol–water partition coefficient (Wildman–Crippen LogP) is 6.40. The number of rotatable bonds is 5. The minimum atomic E-state index is -4.64. The summed E-state index contributed by atoms with van der Waals surface area (Å²) < 4.78 is 54.5. The molecule has 0 spiro atoms. The van der Waals surface area contributed by atoms with E-state index in [4.69, 9.17) is 0 Å². The van der Waals surface area contributed by atoms with Gasteiger partial charge in [0, 0.05) is 24.2 Å². The number of imidazole rings is 1. The monoisotopic (exact) mass is 490 g/mol. The number of alkyl halides is 3. The number of benzene rings is 2. The topological polar surface area (TPSA) is 59.3 Å². The standard InChI is InChI=1S/C27H18F4N4O/c28-22-6-5-21(27(29,30)31)15-23(22)34-26(36)13-17-1-3-19(4-2-17)24-16-33-25-14-20(9-12-35(24)25)18-7-10-32-11-8-18/h1-12,14-16H,13H2,(H,34,36). The van der Waals surface area contributed by atoms with E-state index in [0.29, 0.717) is 23.8 Å². The van der Waals surface area contributed by atoms with Crippen molar-refractivity contribution in [3.05, 3.63) is 108 Å². The SMILES string of the molecule is O=C(Cc1ccc(-c2cnc3cc(-c4ccncc4)ccn23)cc1)Nc1cc(C(F)(F)F)ccc1F. The lowest BCUT2D eigenvalue weighted by atomic mass is 10.1. The summed E-state index contributed by atoms with van der Waals surface area (Å²) in [7, 11) is 0. The molecule has 2 aromatic carbocycles. The minimum Gasteiger partial charge on any atom is -0.323 e. The maximum Gasteiger partial charge on any atom is 0.416 e. The number of halogens is 4. The molecule has 1 N–H and O–H groups in total.